The molecule has 233 valence electrons. The van der Waals surface area contributed by atoms with Gasteiger partial charge in [-0.1, -0.05) is 93.0 Å². The van der Waals surface area contributed by atoms with Gasteiger partial charge in [-0.15, -0.1) is 59.7 Å². The average molecular weight is 816 g/mol. The Morgan fingerprint density at radius 3 is 2.30 bits per heavy atom. The molecule has 1 radical (unpaired) electrons. The third-order valence-electron chi connectivity index (χ3n) is 7.77. The molecule has 7 rings (SSSR count). The average Bonchev–Trinajstić information content (AvgIpc) is 3.42. The predicted molar refractivity (Wildman–Crippen MR) is 192 cm³/mol. The van der Waals surface area contributed by atoms with Crippen molar-refractivity contribution in [3.8, 4) is 33.6 Å². The van der Waals surface area contributed by atoms with Crippen molar-refractivity contribution in [1.29, 1.82) is 0 Å². The Hall–Kier alpha value is -3.80. The third kappa shape index (κ3) is 7.27. The van der Waals surface area contributed by atoms with Crippen molar-refractivity contribution in [3.05, 3.63) is 139 Å². The number of benzene rings is 4. The summed E-state index contributed by atoms with van der Waals surface area (Å²) in [6, 6.07) is 40.0. The van der Waals surface area contributed by atoms with Crippen LogP contribution in [0.25, 0.3) is 53.8 Å². The summed E-state index contributed by atoms with van der Waals surface area (Å²) in [4.78, 5) is 9.18. The minimum atomic E-state index is -1.46. The number of hydrogen-bond donors (Lipinski definition) is 0. The van der Waals surface area contributed by atoms with Gasteiger partial charge in [0.25, 0.3) is 0 Å². The molecule has 3 heterocycles. The van der Waals surface area contributed by atoms with Crippen LogP contribution in [-0.4, -0.2) is 18.0 Å². The molecule has 7 aromatic rings. The molecule has 0 atom stereocenters. The monoisotopic (exact) mass is 816 g/mol. The van der Waals surface area contributed by atoms with Crippen molar-refractivity contribution in [2.24, 2.45) is 0 Å². The zero-order chi connectivity index (χ0) is 32.5. The van der Waals surface area contributed by atoms with Crippen LogP contribution in [0.4, 0.5) is 4.39 Å². The molecule has 6 heteroatoms. The van der Waals surface area contributed by atoms with Crippen molar-refractivity contribution >= 4 is 44.8 Å². The fourth-order valence-electron chi connectivity index (χ4n) is 5.39. The zero-order valence-electron chi connectivity index (χ0n) is 27.5. The molecule has 0 spiro atoms. The van der Waals surface area contributed by atoms with Gasteiger partial charge in [0.05, 0.1) is 8.07 Å². The van der Waals surface area contributed by atoms with Gasteiger partial charge in [0.15, 0.2) is 0 Å². The molecule has 0 amide bonds. The van der Waals surface area contributed by atoms with Gasteiger partial charge in [-0.3, -0.25) is 0 Å². The number of halogens is 1. The first-order valence-corrected chi connectivity index (χ1v) is 19.3. The molecule has 0 N–H and O–H groups in total. The molecule has 0 aliphatic heterocycles. The van der Waals surface area contributed by atoms with E-state index < -0.39 is 14.0 Å². The normalized spacial score (nSPS) is 11.8. The molecular weight excluding hydrogens is 780 g/mol. The second-order valence-electron chi connectivity index (χ2n) is 12.3. The Morgan fingerprint density at radius 2 is 1.59 bits per heavy atom. The second kappa shape index (κ2) is 14.3. The standard InChI is InChI=1S/C20H15FNS.C20H20NSi.Ir/c1-12(2)13-8-9-22-18(10-13)17-5-3-4-16-15-7-6-14(21)11-19(15)23-20(16)17;1-22(2,3)20-15-21-19(17-12-8-5-9-13-17)14-18(20)16-10-6-4-7-11-16;/h3-4,6-12H,1-2H3;4-12,14-15H,1-3H3;/q2*-1;/i12D;;. The summed E-state index contributed by atoms with van der Waals surface area (Å²) < 4.78 is 23.7. The Morgan fingerprint density at radius 1 is 0.804 bits per heavy atom. The third-order valence-corrected chi connectivity index (χ3v) is 11.0. The van der Waals surface area contributed by atoms with Crippen LogP contribution >= 0.6 is 11.3 Å². The molecule has 0 saturated heterocycles. The van der Waals surface area contributed by atoms with Gasteiger partial charge < -0.3 is 9.97 Å². The summed E-state index contributed by atoms with van der Waals surface area (Å²) >= 11 is 1.55. The fourth-order valence-corrected chi connectivity index (χ4v) is 8.10. The van der Waals surface area contributed by atoms with E-state index in [-0.39, 0.29) is 25.9 Å². The van der Waals surface area contributed by atoms with E-state index in [9.17, 15) is 4.39 Å². The van der Waals surface area contributed by atoms with Gasteiger partial charge in [0, 0.05) is 38.6 Å². The van der Waals surface area contributed by atoms with Crippen LogP contribution in [0, 0.1) is 17.9 Å². The van der Waals surface area contributed by atoms with Crippen LogP contribution in [0.1, 0.15) is 26.7 Å². The van der Waals surface area contributed by atoms with E-state index in [0.717, 1.165) is 48.3 Å². The van der Waals surface area contributed by atoms with Gasteiger partial charge in [0.2, 0.25) is 0 Å². The first-order valence-electron chi connectivity index (χ1n) is 15.5. The number of aromatic nitrogens is 2. The molecule has 0 aliphatic carbocycles. The van der Waals surface area contributed by atoms with Crippen LogP contribution in [0.15, 0.2) is 116 Å². The minimum absolute atomic E-state index is 0. The van der Waals surface area contributed by atoms with E-state index in [1.807, 2.05) is 62.4 Å². The Kier molecular flexibility index (Phi) is 10.0. The summed E-state index contributed by atoms with van der Waals surface area (Å²) in [7, 11) is -1.46. The minimum Gasteiger partial charge on any atom is -0.305 e. The molecule has 0 aliphatic rings. The van der Waals surface area contributed by atoms with Gasteiger partial charge in [-0.2, -0.15) is 11.3 Å². The largest absolute Gasteiger partial charge is 0.305 e. The summed E-state index contributed by atoms with van der Waals surface area (Å²) in [6.45, 7) is 10.8. The number of hydrogen-bond acceptors (Lipinski definition) is 3. The van der Waals surface area contributed by atoms with Crippen molar-refractivity contribution in [1.82, 2.24) is 9.97 Å². The van der Waals surface area contributed by atoms with Crippen LogP contribution in [0.2, 0.25) is 19.6 Å². The Balaban J connectivity index is 0.000000181. The zero-order valence-corrected chi connectivity index (χ0v) is 30.7. The first kappa shape index (κ1) is 32.1. The Bertz CT molecular complexity index is 2140. The molecule has 0 fully saturated rings. The molecule has 0 saturated carbocycles. The SMILES string of the molecule is C[Si](C)(C)c1cnc(-c2[c-]cccc2)cc1-c1ccccc1.[2H]C(C)(C)c1ccnc(-c2[c-]ccc3c2sc2cc(F)ccc23)c1.[Ir]. The van der Waals surface area contributed by atoms with E-state index >= 15 is 0 Å². The van der Waals surface area contributed by atoms with Crippen LogP contribution < -0.4 is 5.19 Å². The second-order valence-corrected chi connectivity index (χ2v) is 18.4. The number of fused-ring (bicyclic) bond motifs is 3. The van der Waals surface area contributed by atoms with E-state index in [4.69, 9.17) is 6.35 Å². The maximum Gasteiger partial charge on any atom is 0.124 e. The maximum absolute atomic E-state index is 13.5. The van der Waals surface area contributed by atoms with Gasteiger partial charge in [-0.05, 0) is 61.9 Å². The van der Waals surface area contributed by atoms with Crippen molar-refractivity contribution < 1.29 is 25.9 Å². The van der Waals surface area contributed by atoms with E-state index in [2.05, 4.69) is 85.4 Å². The maximum atomic E-state index is 13.5. The van der Waals surface area contributed by atoms with Gasteiger partial charge in [-0.25, -0.2) is 4.39 Å². The summed E-state index contributed by atoms with van der Waals surface area (Å²) in [5, 5.41) is 3.53. The van der Waals surface area contributed by atoms with Crippen molar-refractivity contribution in [2.75, 3.05) is 0 Å². The van der Waals surface area contributed by atoms with Gasteiger partial charge in [0.1, 0.15) is 5.82 Å². The number of rotatable bonds is 5. The van der Waals surface area contributed by atoms with Crippen LogP contribution in [0.3, 0.4) is 0 Å². The molecule has 0 unspecified atom stereocenters. The molecular formula is C40H35FIrN2SSi-2. The number of pyridine rings is 2. The van der Waals surface area contributed by atoms with E-state index in [0.29, 0.717) is 0 Å². The molecule has 46 heavy (non-hydrogen) atoms. The van der Waals surface area contributed by atoms with Crippen LogP contribution in [0.5, 0.6) is 0 Å². The Labute approximate surface area is 291 Å². The van der Waals surface area contributed by atoms with E-state index in [1.165, 1.54) is 22.4 Å². The molecule has 4 aromatic carbocycles. The van der Waals surface area contributed by atoms with Gasteiger partial charge >= 0.3 is 0 Å². The predicted octanol–water partition coefficient (Wildman–Crippen LogP) is 10.9. The smallest absolute Gasteiger partial charge is 0.124 e. The molecule has 2 nitrogen and oxygen atoms in total. The number of thiophene rings is 1. The quantitative estimate of drug-likeness (QED) is 0.128. The number of nitrogens with zero attached hydrogens (tertiary/aromatic N) is 2. The topological polar surface area (TPSA) is 25.8 Å². The summed E-state index contributed by atoms with van der Waals surface area (Å²) in [5.41, 5.74) is 7.21. The molecule has 0 bridgehead atoms. The fraction of sp³-hybridized carbons (Fsp3) is 0.150. The summed E-state index contributed by atoms with van der Waals surface area (Å²) in [6.07, 6.45) is 3.81. The van der Waals surface area contributed by atoms with E-state index in [1.54, 1.807) is 23.6 Å². The summed E-state index contributed by atoms with van der Waals surface area (Å²) in [5.74, 6) is -0.912. The van der Waals surface area contributed by atoms with Crippen molar-refractivity contribution in [2.45, 2.75) is 39.4 Å². The van der Waals surface area contributed by atoms with Crippen molar-refractivity contribution in [3.63, 3.8) is 0 Å². The van der Waals surface area contributed by atoms with Crippen LogP contribution in [-0.2, 0) is 20.1 Å². The first-order chi connectivity index (χ1) is 22.0. The molecule has 3 aromatic heterocycles.